The van der Waals surface area contributed by atoms with E-state index in [0.717, 1.165) is 6.42 Å². The molecule has 3 N–H and O–H groups in total. The van der Waals surface area contributed by atoms with E-state index in [1.165, 1.54) is 38.4 Å². The van der Waals surface area contributed by atoms with Crippen molar-refractivity contribution in [2.45, 2.75) is 58.0 Å². The molecule has 1 amide bonds. The number of nitrogens with one attached hydrogen (secondary N) is 1. The molecule has 2 rings (SSSR count). The Hall–Kier alpha value is -1.00. The van der Waals surface area contributed by atoms with Gasteiger partial charge < -0.3 is 15.5 Å². The third kappa shape index (κ3) is 4.25. The molecule has 0 aliphatic heterocycles. The molecule has 1 aliphatic carbocycles. The molecule has 1 heterocycles. The predicted molar refractivity (Wildman–Crippen MR) is 82.0 cm³/mol. The third-order valence-electron chi connectivity index (χ3n) is 4.02. The fourth-order valence-corrected chi connectivity index (χ4v) is 2.55. The SMILES string of the molecule is CCCCC(NC(=O)c1coc(CN)c1)C1CCC1.Cl. The number of hydrogen-bond donors (Lipinski definition) is 2. The van der Waals surface area contributed by atoms with Gasteiger partial charge in [-0.15, -0.1) is 12.4 Å². The Morgan fingerprint density at radius 3 is 2.80 bits per heavy atom. The maximum Gasteiger partial charge on any atom is 0.254 e. The Labute approximate surface area is 126 Å². The first-order valence-corrected chi connectivity index (χ1v) is 7.33. The third-order valence-corrected chi connectivity index (χ3v) is 4.02. The van der Waals surface area contributed by atoms with Crippen LogP contribution in [-0.2, 0) is 6.54 Å². The number of carbonyl (C=O) groups is 1. The van der Waals surface area contributed by atoms with Crippen LogP contribution in [0.5, 0.6) is 0 Å². The van der Waals surface area contributed by atoms with Gasteiger partial charge in [0.2, 0.25) is 0 Å². The van der Waals surface area contributed by atoms with Crippen LogP contribution in [0.15, 0.2) is 16.7 Å². The van der Waals surface area contributed by atoms with E-state index < -0.39 is 0 Å². The summed E-state index contributed by atoms with van der Waals surface area (Å²) < 4.78 is 5.21. The van der Waals surface area contributed by atoms with E-state index in [1.54, 1.807) is 6.07 Å². The van der Waals surface area contributed by atoms with Crippen molar-refractivity contribution in [3.05, 3.63) is 23.7 Å². The van der Waals surface area contributed by atoms with Crippen molar-refractivity contribution in [3.8, 4) is 0 Å². The monoisotopic (exact) mass is 300 g/mol. The lowest BCUT2D eigenvalue weighted by Crippen LogP contribution is -2.42. The van der Waals surface area contributed by atoms with Crippen molar-refractivity contribution in [1.82, 2.24) is 5.32 Å². The van der Waals surface area contributed by atoms with Gasteiger partial charge in [-0.05, 0) is 31.2 Å². The standard InChI is InChI=1S/C15H24N2O2.ClH/c1-2-3-7-14(11-5-4-6-11)17-15(18)12-8-13(9-16)19-10-12;/h8,10-11,14H,2-7,9,16H2,1H3,(H,17,18);1H. The lowest BCUT2D eigenvalue weighted by molar-refractivity contribution is 0.0894. The largest absolute Gasteiger partial charge is 0.467 e. The van der Waals surface area contributed by atoms with E-state index in [0.29, 0.717) is 29.8 Å². The number of amides is 1. The number of carbonyl (C=O) groups excluding carboxylic acids is 1. The van der Waals surface area contributed by atoms with Crippen LogP contribution in [0, 0.1) is 5.92 Å². The normalized spacial score (nSPS) is 16.1. The number of furan rings is 1. The summed E-state index contributed by atoms with van der Waals surface area (Å²) in [7, 11) is 0. The minimum absolute atomic E-state index is 0. The molecule has 1 unspecified atom stereocenters. The summed E-state index contributed by atoms with van der Waals surface area (Å²) in [5, 5.41) is 3.17. The van der Waals surface area contributed by atoms with E-state index >= 15 is 0 Å². The van der Waals surface area contributed by atoms with Gasteiger partial charge in [-0.3, -0.25) is 4.79 Å². The van der Waals surface area contributed by atoms with Crippen LogP contribution in [-0.4, -0.2) is 11.9 Å². The molecule has 1 aliphatic rings. The first-order valence-electron chi connectivity index (χ1n) is 7.33. The summed E-state index contributed by atoms with van der Waals surface area (Å²) in [6.07, 6.45) is 8.70. The number of hydrogen-bond acceptors (Lipinski definition) is 3. The van der Waals surface area contributed by atoms with Crippen molar-refractivity contribution in [3.63, 3.8) is 0 Å². The number of rotatable bonds is 7. The molecular formula is C15H25ClN2O2. The number of nitrogens with two attached hydrogens (primary N) is 1. The average molecular weight is 301 g/mol. The van der Waals surface area contributed by atoms with E-state index in [4.69, 9.17) is 10.2 Å². The summed E-state index contributed by atoms with van der Waals surface area (Å²) in [4.78, 5) is 12.2. The minimum Gasteiger partial charge on any atom is -0.467 e. The molecule has 1 atom stereocenters. The Morgan fingerprint density at radius 2 is 2.30 bits per heavy atom. The minimum atomic E-state index is -0.0311. The maximum atomic E-state index is 12.2. The zero-order valence-corrected chi connectivity index (χ0v) is 12.9. The highest BCUT2D eigenvalue weighted by Gasteiger charge is 2.28. The smallest absolute Gasteiger partial charge is 0.254 e. The number of halogens is 1. The highest BCUT2D eigenvalue weighted by Crippen LogP contribution is 2.31. The first-order chi connectivity index (χ1) is 9.24. The summed E-state index contributed by atoms with van der Waals surface area (Å²) in [6, 6.07) is 2.05. The molecule has 0 spiro atoms. The van der Waals surface area contributed by atoms with Gasteiger partial charge in [-0.2, -0.15) is 0 Å². The Balaban J connectivity index is 0.00000200. The Morgan fingerprint density at radius 1 is 1.55 bits per heavy atom. The molecule has 0 aromatic carbocycles. The second-order valence-electron chi connectivity index (χ2n) is 5.42. The van der Waals surface area contributed by atoms with Crippen molar-refractivity contribution in [2.24, 2.45) is 11.7 Å². The average Bonchev–Trinajstić information content (AvgIpc) is 2.82. The Bertz CT molecular complexity index is 416. The second kappa shape index (κ2) is 8.32. The van der Waals surface area contributed by atoms with Crippen molar-refractivity contribution >= 4 is 18.3 Å². The summed E-state index contributed by atoms with van der Waals surface area (Å²) in [6.45, 7) is 2.51. The van der Waals surface area contributed by atoms with Crippen LogP contribution in [0.4, 0.5) is 0 Å². The maximum absolute atomic E-state index is 12.2. The number of unbranched alkanes of at least 4 members (excludes halogenated alkanes) is 1. The highest BCUT2D eigenvalue weighted by atomic mass is 35.5. The topological polar surface area (TPSA) is 68.3 Å². The quantitative estimate of drug-likeness (QED) is 0.812. The van der Waals surface area contributed by atoms with Crippen LogP contribution < -0.4 is 11.1 Å². The second-order valence-corrected chi connectivity index (χ2v) is 5.42. The van der Waals surface area contributed by atoms with Crippen LogP contribution >= 0.6 is 12.4 Å². The van der Waals surface area contributed by atoms with Gasteiger partial charge in [0.25, 0.3) is 5.91 Å². The van der Waals surface area contributed by atoms with E-state index in [1.807, 2.05) is 0 Å². The van der Waals surface area contributed by atoms with Crippen LogP contribution in [0.3, 0.4) is 0 Å². The van der Waals surface area contributed by atoms with E-state index in [-0.39, 0.29) is 18.3 Å². The molecular weight excluding hydrogens is 276 g/mol. The van der Waals surface area contributed by atoms with Crippen molar-refractivity contribution < 1.29 is 9.21 Å². The molecule has 0 saturated heterocycles. The molecule has 114 valence electrons. The summed E-state index contributed by atoms with van der Waals surface area (Å²) in [5.74, 6) is 1.28. The zero-order valence-electron chi connectivity index (χ0n) is 12.1. The van der Waals surface area contributed by atoms with E-state index in [2.05, 4.69) is 12.2 Å². The summed E-state index contributed by atoms with van der Waals surface area (Å²) in [5.41, 5.74) is 6.07. The van der Waals surface area contributed by atoms with Crippen LogP contribution in [0.2, 0.25) is 0 Å². The summed E-state index contributed by atoms with van der Waals surface area (Å²) >= 11 is 0. The molecule has 4 nitrogen and oxygen atoms in total. The molecule has 0 bridgehead atoms. The molecule has 0 radical (unpaired) electrons. The first kappa shape index (κ1) is 17.1. The zero-order chi connectivity index (χ0) is 13.7. The van der Waals surface area contributed by atoms with Gasteiger partial charge >= 0.3 is 0 Å². The molecule has 20 heavy (non-hydrogen) atoms. The van der Waals surface area contributed by atoms with Gasteiger partial charge in [0.05, 0.1) is 12.1 Å². The van der Waals surface area contributed by atoms with Gasteiger partial charge in [-0.1, -0.05) is 26.2 Å². The molecule has 1 aromatic heterocycles. The van der Waals surface area contributed by atoms with Gasteiger partial charge in [0.1, 0.15) is 12.0 Å². The molecule has 1 saturated carbocycles. The lowest BCUT2D eigenvalue weighted by Gasteiger charge is -2.34. The van der Waals surface area contributed by atoms with Gasteiger partial charge in [0.15, 0.2) is 0 Å². The Kier molecular flexibility index (Phi) is 7.10. The van der Waals surface area contributed by atoms with Crippen LogP contribution in [0.25, 0.3) is 0 Å². The molecule has 5 heteroatoms. The highest BCUT2D eigenvalue weighted by molar-refractivity contribution is 5.94. The molecule has 1 aromatic rings. The van der Waals surface area contributed by atoms with Crippen LogP contribution in [0.1, 0.15) is 61.6 Å². The van der Waals surface area contributed by atoms with Crippen molar-refractivity contribution in [2.75, 3.05) is 0 Å². The van der Waals surface area contributed by atoms with Gasteiger partial charge in [0, 0.05) is 6.04 Å². The molecule has 1 fully saturated rings. The van der Waals surface area contributed by atoms with Crippen molar-refractivity contribution in [1.29, 1.82) is 0 Å². The fourth-order valence-electron chi connectivity index (χ4n) is 2.55. The van der Waals surface area contributed by atoms with Gasteiger partial charge in [-0.25, -0.2) is 0 Å². The lowest BCUT2D eigenvalue weighted by atomic mass is 9.78. The van der Waals surface area contributed by atoms with E-state index in [9.17, 15) is 4.79 Å². The predicted octanol–water partition coefficient (Wildman–Crippen LogP) is 3.25. The fraction of sp³-hybridized carbons (Fsp3) is 0.667.